The predicted octanol–water partition coefficient (Wildman–Crippen LogP) is 1.24. The molecule has 1 aromatic rings. The third-order valence-corrected chi connectivity index (χ3v) is 4.76. The Labute approximate surface area is 120 Å². The Morgan fingerprint density at radius 3 is 2.57 bits per heavy atom. The van der Waals surface area contributed by atoms with Gasteiger partial charge in [0.05, 0.1) is 22.7 Å². The van der Waals surface area contributed by atoms with E-state index >= 15 is 0 Å². The van der Waals surface area contributed by atoms with Gasteiger partial charge in [-0.25, -0.2) is 12.8 Å². The molecule has 2 N–H and O–H groups in total. The standard InChI is InChI=1S/C11H13FN4O4S/c1-2-15(5-3-4-13)21(19,20)11-9(12)6-8(16(17)18)7-10(11)14/h6-7H,2-3,5,14H2,1H3. The number of halogens is 1. The first-order valence-corrected chi connectivity index (χ1v) is 7.30. The van der Waals surface area contributed by atoms with E-state index in [2.05, 4.69) is 0 Å². The maximum atomic E-state index is 13.9. The van der Waals surface area contributed by atoms with Crippen LogP contribution in [0.5, 0.6) is 0 Å². The van der Waals surface area contributed by atoms with Gasteiger partial charge in [0.1, 0.15) is 4.90 Å². The molecule has 0 unspecified atom stereocenters. The number of nitro benzene ring substituents is 1. The maximum Gasteiger partial charge on any atom is 0.274 e. The van der Waals surface area contributed by atoms with Crippen molar-refractivity contribution in [2.24, 2.45) is 0 Å². The van der Waals surface area contributed by atoms with Gasteiger partial charge in [0.15, 0.2) is 5.82 Å². The van der Waals surface area contributed by atoms with Crippen LogP contribution in [-0.4, -0.2) is 30.7 Å². The first kappa shape index (κ1) is 16.8. The Hall–Kier alpha value is -2.25. The lowest BCUT2D eigenvalue weighted by Gasteiger charge is -2.20. The molecular formula is C11H13FN4O4S. The molecule has 1 aromatic carbocycles. The van der Waals surface area contributed by atoms with Gasteiger partial charge in [0.2, 0.25) is 10.0 Å². The topological polar surface area (TPSA) is 130 Å². The van der Waals surface area contributed by atoms with Gasteiger partial charge in [-0.15, -0.1) is 0 Å². The Kier molecular flexibility index (Phi) is 5.17. The second kappa shape index (κ2) is 6.47. The molecule has 0 aliphatic heterocycles. The second-order valence-corrected chi connectivity index (χ2v) is 5.88. The summed E-state index contributed by atoms with van der Waals surface area (Å²) in [6.07, 6.45) is -0.0679. The summed E-state index contributed by atoms with van der Waals surface area (Å²) in [5.74, 6) is -1.29. The molecule has 0 saturated heterocycles. The molecule has 0 aromatic heterocycles. The fraction of sp³-hybridized carbons (Fsp3) is 0.364. The van der Waals surface area contributed by atoms with E-state index in [1.54, 1.807) is 6.07 Å². The molecule has 0 bridgehead atoms. The molecule has 8 nitrogen and oxygen atoms in total. The van der Waals surface area contributed by atoms with Gasteiger partial charge in [-0.3, -0.25) is 10.1 Å². The minimum Gasteiger partial charge on any atom is -0.397 e. The molecule has 114 valence electrons. The lowest BCUT2D eigenvalue weighted by atomic mass is 10.3. The number of hydrogen-bond acceptors (Lipinski definition) is 6. The van der Waals surface area contributed by atoms with Crippen molar-refractivity contribution in [3.05, 3.63) is 28.1 Å². The molecular weight excluding hydrogens is 303 g/mol. The van der Waals surface area contributed by atoms with Gasteiger partial charge >= 0.3 is 0 Å². The van der Waals surface area contributed by atoms with Crippen molar-refractivity contribution in [1.29, 1.82) is 5.26 Å². The number of non-ortho nitro benzene ring substituents is 1. The van der Waals surface area contributed by atoms with Gasteiger partial charge < -0.3 is 5.73 Å². The van der Waals surface area contributed by atoms with E-state index in [4.69, 9.17) is 11.0 Å². The van der Waals surface area contributed by atoms with Crippen molar-refractivity contribution < 1.29 is 17.7 Å². The first-order valence-electron chi connectivity index (χ1n) is 5.86. The van der Waals surface area contributed by atoms with Gasteiger partial charge in [-0.1, -0.05) is 6.92 Å². The number of rotatable bonds is 6. The molecule has 0 radical (unpaired) electrons. The highest BCUT2D eigenvalue weighted by Crippen LogP contribution is 2.29. The average molecular weight is 316 g/mol. The number of anilines is 1. The molecule has 21 heavy (non-hydrogen) atoms. The lowest BCUT2D eigenvalue weighted by Crippen LogP contribution is -2.33. The summed E-state index contributed by atoms with van der Waals surface area (Å²) in [4.78, 5) is 8.90. The minimum absolute atomic E-state index is 0.0138. The number of nitrogen functional groups attached to an aromatic ring is 1. The molecule has 0 spiro atoms. The van der Waals surface area contributed by atoms with E-state index in [-0.39, 0.29) is 19.5 Å². The zero-order valence-electron chi connectivity index (χ0n) is 11.1. The van der Waals surface area contributed by atoms with E-state index in [1.165, 1.54) is 6.92 Å². The quantitative estimate of drug-likeness (QED) is 0.477. The molecule has 10 heteroatoms. The minimum atomic E-state index is -4.27. The van der Waals surface area contributed by atoms with Crippen LogP contribution in [0.15, 0.2) is 17.0 Å². The third kappa shape index (κ3) is 3.45. The number of nitriles is 1. The van der Waals surface area contributed by atoms with Crippen LogP contribution in [0.2, 0.25) is 0 Å². The van der Waals surface area contributed by atoms with Crippen molar-refractivity contribution in [2.75, 3.05) is 18.8 Å². The largest absolute Gasteiger partial charge is 0.397 e. The summed E-state index contributed by atoms with van der Waals surface area (Å²) in [5, 5.41) is 19.1. The molecule has 0 atom stereocenters. The molecule has 0 saturated carbocycles. The number of sulfonamides is 1. The summed E-state index contributed by atoms with van der Waals surface area (Å²) >= 11 is 0. The van der Waals surface area contributed by atoms with Gasteiger partial charge in [-0.2, -0.15) is 9.57 Å². The summed E-state index contributed by atoms with van der Waals surface area (Å²) in [6, 6.07) is 3.08. The second-order valence-electron chi connectivity index (χ2n) is 4.01. The van der Waals surface area contributed by atoms with E-state index < -0.39 is 37.0 Å². The number of benzene rings is 1. The normalized spacial score (nSPS) is 11.3. The van der Waals surface area contributed by atoms with Gasteiger partial charge in [0, 0.05) is 25.6 Å². The van der Waals surface area contributed by atoms with E-state index in [1.807, 2.05) is 0 Å². The number of hydrogen-bond donors (Lipinski definition) is 1. The Morgan fingerprint density at radius 1 is 1.52 bits per heavy atom. The first-order chi connectivity index (χ1) is 9.75. The van der Waals surface area contributed by atoms with Crippen LogP contribution in [-0.2, 0) is 10.0 Å². The average Bonchev–Trinajstić information content (AvgIpc) is 2.37. The number of nitrogens with two attached hydrogens (primary N) is 1. The monoisotopic (exact) mass is 316 g/mol. The summed E-state index contributed by atoms with van der Waals surface area (Å²) in [7, 11) is -4.27. The maximum absolute atomic E-state index is 13.9. The highest BCUT2D eigenvalue weighted by atomic mass is 32.2. The van der Waals surface area contributed by atoms with Crippen molar-refractivity contribution in [3.63, 3.8) is 0 Å². The van der Waals surface area contributed by atoms with Crippen molar-refractivity contribution >= 4 is 21.4 Å². The highest BCUT2D eigenvalue weighted by molar-refractivity contribution is 7.89. The Bertz CT molecular complexity index is 676. The fourth-order valence-electron chi connectivity index (χ4n) is 1.73. The fourth-order valence-corrected chi connectivity index (χ4v) is 3.32. The van der Waals surface area contributed by atoms with Gasteiger partial charge in [0.25, 0.3) is 5.69 Å². The zero-order chi connectivity index (χ0) is 16.2. The van der Waals surface area contributed by atoms with E-state index in [0.717, 1.165) is 10.4 Å². The van der Waals surface area contributed by atoms with E-state index in [9.17, 15) is 22.9 Å². The summed E-state index contributed by atoms with van der Waals surface area (Å²) in [6.45, 7) is 1.42. The molecule has 0 aliphatic carbocycles. The van der Waals surface area contributed by atoms with Crippen LogP contribution in [0.1, 0.15) is 13.3 Å². The van der Waals surface area contributed by atoms with Crippen LogP contribution in [0.25, 0.3) is 0 Å². The Morgan fingerprint density at radius 2 is 2.14 bits per heavy atom. The van der Waals surface area contributed by atoms with Crippen LogP contribution in [0.4, 0.5) is 15.8 Å². The van der Waals surface area contributed by atoms with E-state index in [0.29, 0.717) is 6.07 Å². The highest BCUT2D eigenvalue weighted by Gasteiger charge is 2.30. The van der Waals surface area contributed by atoms with Crippen LogP contribution in [0.3, 0.4) is 0 Å². The molecule has 0 heterocycles. The smallest absolute Gasteiger partial charge is 0.274 e. The third-order valence-electron chi connectivity index (χ3n) is 2.69. The van der Waals surface area contributed by atoms with Crippen LogP contribution < -0.4 is 5.73 Å². The van der Waals surface area contributed by atoms with Gasteiger partial charge in [-0.05, 0) is 0 Å². The number of nitrogens with zero attached hydrogens (tertiary/aromatic N) is 3. The van der Waals surface area contributed by atoms with Crippen molar-refractivity contribution in [1.82, 2.24) is 4.31 Å². The van der Waals surface area contributed by atoms with Crippen LogP contribution >= 0.6 is 0 Å². The number of nitro groups is 1. The molecule has 0 aliphatic rings. The summed E-state index contributed by atoms with van der Waals surface area (Å²) in [5.41, 5.74) is 4.27. The van der Waals surface area contributed by atoms with Crippen molar-refractivity contribution in [2.45, 2.75) is 18.2 Å². The lowest BCUT2D eigenvalue weighted by molar-refractivity contribution is -0.385. The SMILES string of the molecule is CCN(CCC#N)S(=O)(=O)c1c(N)cc([N+](=O)[O-])cc1F. The van der Waals surface area contributed by atoms with Crippen LogP contribution in [0, 0.1) is 27.3 Å². The predicted molar refractivity (Wildman–Crippen MR) is 72.1 cm³/mol. The Balaban J connectivity index is 3.38. The van der Waals surface area contributed by atoms with Crippen molar-refractivity contribution in [3.8, 4) is 6.07 Å². The molecule has 0 amide bonds. The zero-order valence-corrected chi connectivity index (χ0v) is 11.9. The summed E-state index contributed by atoms with van der Waals surface area (Å²) < 4.78 is 39.5. The molecule has 1 rings (SSSR count). The molecule has 0 fully saturated rings.